The Labute approximate surface area is 186 Å². The number of hydrogen-bond acceptors (Lipinski definition) is 5. The van der Waals surface area contributed by atoms with Crippen molar-refractivity contribution >= 4 is 5.91 Å². The molecule has 1 aliphatic rings. The highest BCUT2D eigenvalue weighted by atomic mass is 19.1. The van der Waals surface area contributed by atoms with E-state index in [-0.39, 0.29) is 37.7 Å². The number of carbonyl (C=O) groups is 1. The van der Waals surface area contributed by atoms with Gasteiger partial charge in [0.25, 0.3) is 5.91 Å². The van der Waals surface area contributed by atoms with Gasteiger partial charge in [-0.15, -0.1) is 0 Å². The van der Waals surface area contributed by atoms with Gasteiger partial charge in [-0.1, -0.05) is 36.4 Å². The summed E-state index contributed by atoms with van der Waals surface area (Å²) in [7, 11) is 0. The van der Waals surface area contributed by atoms with Crippen LogP contribution in [0.1, 0.15) is 37.8 Å². The van der Waals surface area contributed by atoms with Gasteiger partial charge in [-0.3, -0.25) is 4.79 Å². The quantitative estimate of drug-likeness (QED) is 0.577. The van der Waals surface area contributed by atoms with Crippen LogP contribution in [0.15, 0.2) is 48.5 Å². The van der Waals surface area contributed by atoms with E-state index in [1.165, 1.54) is 6.07 Å². The maximum Gasteiger partial charge on any atom is 0.252 e. The van der Waals surface area contributed by atoms with E-state index in [0.29, 0.717) is 0 Å². The van der Waals surface area contributed by atoms with Gasteiger partial charge in [-0.05, 0) is 25.5 Å². The van der Waals surface area contributed by atoms with E-state index in [9.17, 15) is 23.8 Å². The van der Waals surface area contributed by atoms with Crippen LogP contribution >= 0.6 is 0 Å². The summed E-state index contributed by atoms with van der Waals surface area (Å²) in [6.45, 7) is 3.42. The molecule has 0 spiro atoms. The smallest absolute Gasteiger partial charge is 0.252 e. The molecule has 0 aliphatic heterocycles. The summed E-state index contributed by atoms with van der Waals surface area (Å²) in [5.41, 5.74) is -0.623. The molecular weight excluding hydrogens is 420 g/mol. The number of benzene rings is 2. The van der Waals surface area contributed by atoms with E-state index in [1.807, 2.05) is 30.3 Å². The molecule has 2 aromatic rings. The Morgan fingerprint density at radius 1 is 1.12 bits per heavy atom. The van der Waals surface area contributed by atoms with E-state index in [2.05, 4.69) is 5.32 Å². The van der Waals surface area contributed by atoms with Crippen molar-refractivity contribution in [3.05, 3.63) is 71.3 Å². The fourth-order valence-corrected chi connectivity index (χ4v) is 3.79. The molecule has 0 bridgehead atoms. The molecule has 174 valence electrons. The maximum atomic E-state index is 14.1. The molecule has 32 heavy (non-hydrogen) atoms. The second kappa shape index (κ2) is 10.5. The van der Waals surface area contributed by atoms with E-state index >= 15 is 0 Å². The maximum absolute atomic E-state index is 14.1. The summed E-state index contributed by atoms with van der Waals surface area (Å²) in [6.07, 6.45) is -3.64. The first-order valence-corrected chi connectivity index (χ1v) is 10.6. The topological polar surface area (TPSA) is 88.0 Å². The van der Waals surface area contributed by atoms with Crippen molar-refractivity contribution in [1.82, 2.24) is 5.32 Å². The molecule has 1 amide bonds. The lowest BCUT2D eigenvalue weighted by Gasteiger charge is -2.44. The molecule has 1 saturated carbocycles. The number of aliphatic hydroxyl groups excluding tert-OH is 2. The van der Waals surface area contributed by atoms with Gasteiger partial charge >= 0.3 is 0 Å². The number of ether oxygens (including phenoxy) is 2. The minimum atomic E-state index is -1.56. The van der Waals surface area contributed by atoms with Crippen molar-refractivity contribution in [2.45, 2.75) is 69.9 Å². The van der Waals surface area contributed by atoms with E-state index < -0.39 is 41.5 Å². The minimum Gasteiger partial charge on any atom is -0.390 e. The van der Waals surface area contributed by atoms with Crippen LogP contribution < -0.4 is 5.32 Å². The van der Waals surface area contributed by atoms with Crippen LogP contribution in [0.4, 0.5) is 8.78 Å². The minimum absolute atomic E-state index is 0.0422. The Bertz CT molecular complexity index is 911. The average molecular weight is 449 g/mol. The zero-order valence-electron chi connectivity index (χ0n) is 18.1. The molecule has 1 fully saturated rings. The standard InChI is InChI=1S/C24H29F2NO5/c1-15(2)27-23(30)24(32-14-17-8-9-18(25)10-19(17)26)11-20(28)22(29)21(12-24)31-13-16-6-4-3-5-7-16/h3-10,15,20-22,28-29H,11-14H2,1-2H3,(H,27,30)/t20-,21-,22-,24+/m1/s1. The molecule has 1 aliphatic carbocycles. The van der Waals surface area contributed by atoms with Gasteiger partial charge < -0.3 is 25.0 Å². The van der Waals surface area contributed by atoms with Crippen LogP contribution in [0.2, 0.25) is 0 Å². The second-order valence-electron chi connectivity index (χ2n) is 8.45. The van der Waals surface area contributed by atoms with Crippen molar-refractivity contribution in [3.8, 4) is 0 Å². The van der Waals surface area contributed by atoms with E-state index in [4.69, 9.17) is 9.47 Å². The largest absolute Gasteiger partial charge is 0.390 e. The Hall–Kier alpha value is -2.39. The first kappa shape index (κ1) is 24.3. The van der Waals surface area contributed by atoms with Gasteiger partial charge in [0.1, 0.15) is 17.7 Å². The zero-order valence-corrected chi connectivity index (χ0v) is 18.1. The van der Waals surface area contributed by atoms with Gasteiger partial charge in [0, 0.05) is 30.5 Å². The zero-order chi connectivity index (χ0) is 23.3. The number of carbonyl (C=O) groups excluding carboxylic acids is 1. The third kappa shape index (κ3) is 5.89. The van der Waals surface area contributed by atoms with E-state index in [1.54, 1.807) is 13.8 Å². The van der Waals surface area contributed by atoms with Crippen molar-refractivity contribution in [1.29, 1.82) is 0 Å². The van der Waals surface area contributed by atoms with Gasteiger partial charge in [-0.25, -0.2) is 8.78 Å². The lowest BCUT2D eigenvalue weighted by Crippen LogP contribution is -2.61. The highest BCUT2D eigenvalue weighted by Crippen LogP contribution is 2.36. The molecular formula is C24H29F2NO5. The van der Waals surface area contributed by atoms with Gasteiger partial charge in [-0.2, -0.15) is 0 Å². The summed E-state index contributed by atoms with van der Waals surface area (Å²) in [5.74, 6) is -2.00. The first-order valence-electron chi connectivity index (χ1n) is 10.6. The summed E-state index contributed by atoms with van der Waals surface area (Å²) in [6, 6.07) is 12.2. The van der Waals surface area contributed by atoms with E-state index in [0.717, 1.165) is 17.7 Å². The lowest BCUT2D eigenvalue weighted by molar-refractivity contribution is -0.200. The molecule has 0 aromatic heterocycles. The molecule has 0 saturated heterocycles. The van der Waals surface area contributed by atoms with Gasteiger partial charge in [0.15, 0.2) is 5.60 Å². The fourth-order valence-electron chi connectivity index (χ4n) is 3.79. The molecule has 0 radical (unpaired) electrons. The predicted molar refractivity (Wildman–Crippen MR) is 113 cm³/mol. The normalized spacial score (nSPS) is 25.7. The van der Waals surface area contributed by atoms with Crippen LogP contribution in [0, 0.1) is 11.6 Å². The number of aliphatic hydroxyl groups is 2. The number of rotatable bonds is 8. The lowest BCUT2D eigenvalue weighted by atomic mass is 9.78. The van der Waals surface area contributed by atoms with Crippen molar-refractivity contribution in [2.75, 3.05) is 0 Å². The Kier molecular flexibility index (Phi) is 7.95. The third-order valence-electron chi connectivity index (χ3n) is 5.50. The van der Waals surface area contributed by atoms with Crippen molar-refractivity contribution in [3.63, 3.8) is 0 Å². The van der Waals surface area contributed by atoms with Crippen LogP contribution in [0.5, 0.6) is 0 Å². The molecule has 0 unspecified atom stereocenters. The number of nitrogens with one attached hydrogen (secondary N) is 1. The molecule has 0 heterocycles. The summed E-state index contributed by atoms with van der Waals surface area (Å²) >= 11 is 0. The number of amides is 1. The van der Waals surface area contributed by atoms with Crippen LogP contribution in [0.25, 0.3) is 0 Å². The highest BCUT2D eigenvalue weighted by molar-refractivity contribution is 5.85. The van der Waals surface area contributed by atoms with Crippen LogP contribution in [-0.4, -0.2) is 46.1 Å². The number of hydrogen-bond donors (Lipinski definition) is 3. The molecule has 3 rings (SSSR count). The summed E-state index contributed by atoms with van der Waals surface area (Å²) in [4.78, 5) is 13.1. The monoisotopic (exact) mass is 449 g/mol. The highest BCUT2D eigenvalue weighted by Gasteiger charge is 2.51. The van der Waals surface area contributed by atoms with Crippen molar-refractivity contribution < 1.29 is 33.3 Å². The number of halogens is 2. The Morgan fingerprint density at radius 2 is 1.84 bits per heavy atom. The van der Waals surface area contributed by atoms with Gasteiger partial charge in [0.2, 0.25) is 0 Å². The van der Waals surface area contributed by atoms with Crippen LogP contribution in [0.3, 0.4) is 0 Å². The molecule has 4 atom stereocenters. The molecule has 8 heteroatoms. The fraction of sp³-hybridized carbons (Fsp3) is 0.458. The first-order chi connectivity index (χ1) is 15.2. The van der Waals surface area contributed by atoms with Gasteiger partial charge in [0.05, 0.1) is 25.4 Å². The Morgan fingerprint density at radius 3 is 2.50 bits per heavy atom. The summed E-state index contributed by atoms with van der Waals surface area (Å²) < 4.78 is 39.1. The molecule has 2 aromatic carbocycles. The Balaban J connectivity index is 1.82. The summed E-state index contributed by atoms with van der Waals surface area (Å²) in [5, 5.41) is 23.8. The van der Waals surface area contributed by atoms with Crippen molar-refractivity contribution in [2.24, 2.45) is 0 Å². The molecule has 3 N–H and O–H groups in total. The molecule has 6 nitrogen and oxygen atoms in total. The second-order valence-corrected chi connectivity index (χ2v) is 8.45. The average Bonchev–Trinajstić information content (AvgIpc) is 2.74. The van der Waals surface area contributed by atoms with Crippen LogP contribution in [-0.2, 0) is 27.5 Å². The third-order valence-corrected chi connectivity index (χ3v) is 5.50. The SMILES string of the molecule is CC(C)NC(=O)[C@]1(OCc2ccc(F)cc2F)C[C@@H](O)[C@@H](O)[C@H](OCc2ccccc2)C1. The predicted octanol–water partition coefficient (Wildman–Crippen LogP) is 2.85.